The van der Waals surface area contributed by atoms with E-state index in [1.165, 1.54) is 31.5 Å². The molecule has 4 aromatic rings. The summed E-state index contributed by atoms with van der Waals surface area (Å²) in [5.74, 6) is 0.492. The third-order valence-electron chi connectivity index (χ3n) is 3.95. The number of methoxy groups -OCH3 is 1. The minimum atomic E-state index is -0.415. The van der Waals surface area contributed by atoms with E-state index in [9.17, 15) is 8.78 Å². The standard InChI is InChI=1S/C19H14F2N4O2/c1-26-18-5-13(20)2-3-17(18)12-6-23-19-24-15(10-25(19)9-12)11-27-16-4-14(21)7-22-8-16/h2-10H,11H2,1H3/p+1. The average molecular weight is 369 g/mol. The van der Waals surface area contributed by atoms with E-state index in [4.69, 9.17) is 9.47 Å². The van der Waals surface area contributed by atoms with Crippen LogP contribution in [0.5, 0.6) is 11.5 Å². The van der Waals surface area contributed by atoms with E-state index in [2.05, 4.69) is 15.0 Å². The van der Waals surface area contributed by atoms with Crippen LogP contribution >= 0.6 is 0 Å². The zero-order chi connectivity index (χ0) is 18.8. The summed E-state index contributed by atoms with van der Waals surface area (Å²) >= 11 is 0. The molecule has 8 heteroatoms. The molecular formula is C19H15F2N4O2+. The van der Waals surface area contributed by atoms with Crippen molar-refractivity contribution in [1.82, 2.24) is 14.4 Å². The molecular weight excluding hydrogens is 354 g/mol. The second kappa shape index (κ2) is 6.99. The van der Waals surface area contributed by atoms with Gasteiger partial charge < -0.3 is 9.47 Å². The lowest BCUT2D eigenvalue weighted by Gasteiger charge is -2.08. The Labute approximate surface area is 153 Å². The van der Waals surface area contributed by atoms with E-state index in [1.54, 1.807) is 29.1 Å². The Hall–Kier alpha value is -3.55. The van der Waals surface area contributed by atoms with Crippen LogP contribution in [-0.4, -0.2) is 21.5 Å². The Bertz CT molecular complexity index is 1110. The maximum absolute atomic E-state index is 13.4. The van der Waals surface area contributed by atoms with Gasteiger partial charge in [0.25, 0.3) is 0 Å². The van der Waals surface area contributed by atoms with Gasteiger partial charge in [-0.05, 0) is 12.1 Å². The highest BCUT2D eigenvalue weighted by Crippen LogP contribution is 2.30. The fourth-order valence-corrected chi connectivity index (χ4v) is 2.71. The van der Waals surface area contributed by atoms with Gasteiger partial charge >= 0.3 is 0 Å². The Morgan fingerprint density at radius 3 is 2.81 bits per heavy atom. The van der Waals surface area contributed by atoms with Gasteiger partial charge in [-0.15, -0.1) is 0 Å². The summed E-state index contributed by atoms with van der Waals surface area (Å²) in [5, 5.41) is 0. The number of hydrogen-bond donors (Lipinski definition) is 0. The number of imidazole rings is 1. The predicted octanol–water partition coefficient (Wildman–Crippen LogP) is 3.08. The molecule has 0 atom stereocenters. The highest BCUT2D eigenvalue weighted by Gasteiger charge is 2.11. The van der Waals surface area contributed by atoms with Crippen LogP contribution in [0.1, 0.15) is 5.69 Å². The molecule has 4 rings (SSSR count). The van der Waals surface area contributed by atoms with Crippen molar-refractivity contribution in [1.29, 1.82) is 0 Å². The van der Waals surface area contributed by atoms with E-state index in [-0.39, 0.29) is 12.4 Å². The van der Waals surface area contributed by atoms with Gasteiger partial charge in [0.15, 0.2) is 11.6 Å². The summed E-state index contributed by atoms with van der Waals surface area (Å²) in [6, 6.07) is 5.61. The van der Waals surface area contributed by atoms with Crippen molar-refractivity contribution < 1.29 is 23.2 Å². The van der Waals surface area contributed by atoms with Gasteiger partial charge in [0.1, 0.15) is 18.2 Å². The quantitative estimate of drug-likeness (QED) is 0.542. The molecule has 0 spiro atoms. The molecule has 1 N–H and O–H groups in total. The molecule has 136 valence electrons. The first-order chi connectivity index (χ1) is 13.1. The molecule has 0 aliphatic carbocycles. The number of fused-ring (bicyclic) bond motifs is 1. The van der Waals surface area contributed by atoms with Crippen molar-refractivity contribution in [3.05, 3.63) is 72.6 Å². The van der Waals surface area contributed by atoms with Gasteiger partial charge in [-0.25, -0.2) is 23.7 Å². The molecule has 27 heavy (non-hydrogen) atoms. The normalized spacial score (nSPS) is 10.9. The van der Waals surface area contributed by atoms with Gasteiger partial charge in [0, 0.05) is 41.9 Å². The van der Waals surface area contributed by atoms with Crippen molar-refractivity contribution >= 4 is 5.78 Å². The highest BCUT2D eigenvalue weighted by atomic mass is 19.1. The van der Waals surface area contributed by atoms with Crippen LogP contribution < -0.4 is 14.5 Å². The minimum absolute atomic E-state index is 0.163. The number of nitrogens with zero attached hydrogens (tertiary/aromatic N) is 3. The predicted molar refractivity (Wildman–Crippen MR) is 92.2 cm³/mol. The molecule has 0 saturated heterocycles. The van der Waals surface area contributed by atoms with Crippen LogP contribution in [-0.2, 0) is 6.61 Å². The molecule has 1 aromatic carbocycles. The van der Waals surface area contributed by atoms with Crippen molar-refractivity contribution in [3.8, 4) is 22.6 Å². The number of aromatic nitrogens is 4. The summed E-state index contributed by atoms with van der Waals surface area (Å²) in [6.07, 6.45) is 8.02. The molecule has 6 nitrogen and oxygen atoms in total. The molecule has 3 aromatic heterocycles. The molecule has 0 amide bonds. The fourth-order valence-electron chi connectivity index (χ4n) is 2.71. The lowest BCUT2D eigenvalue weighted by Crippen LogP contribution is -2.04. The second-order valence-corrected chi connectivity index (χ2v) is 5.80. The third-order valence-corrected chi connectivity index (χ3v) is 3.95. The number of halogens is 2. The zero-order valence-corrected chi connectivity index (χ0v) is 14.3. The Balaban J connectivity index is 1.60. The monoisotopic (exact) mass is 369 g/mol. The molecule has 0 saturated carbocycles. The smallest absolute Gasteiger partial charge is 0.234 e. The molecule has 0 unspecified atom stereocenters. The maximum atomic E-state index is 13.4. The summed E-state index contributed by atoms with van der Waals surface area (Å²) in [4.78, 5) is 11.4. The van der Waals surface area contributed by atoms with Crippen molar-refractivity contribution in [2.24, 2.45) is 0 Å². The summed E-state index contributed by atoms with van der Waals surface area (Å²) < 4.78 is 39.1. The van der Waals surface area contributed by atoms with Crippen LogP contribution in [0.25, 0.3) is 16.9 Å². The number of ether oxygens (including phenoxy) is 2. The van der Waals surface area contributed by atoms with E-state index in [0.717, 1.165) is 11.1 Å². The number of pyridine rings is 1. The summed E-state index contributed by atoms with van der Waals surface area (Å²) in [6.45, 7) is 0.163. The summed E-state index contributed by atoms with van der Waals surface area (Å²) in [7, 11) is 1.49. The van der Waals surface area contributed by atoms with E-state index < -0.39 is 5.82 Å². The number of rotatable bonds is 5. The van der Waals surface area contributed by atoms with Crippen molar-refractivity contribution in [2.75, 3.05) is 7.11 Å². The number of benzene rings is 1. The van der Waals surface area contributed by atoms with E-state index in [1.807, 2.05) is 6.20 Å². The molecule has 0 radical (unpaired) electrons. The molecule has 0 fully saturated rings. The minimum Gasteiger partial charge on any atom is -0.496 e. The molecule has 0 bridgehead atoms. The number of nitrogens with one attached hydrogen (secondary N) is 1. The first-order valence-corrected chi connectivity index (χ1v) is 8.09. The SMILES string of the molecule is COc1cc(F)ccc1-c1cnc2nc(COc3c[nH+]cc(F)c3)cn2c1. The van der Waals surface area contributed by atoms with Crippen LogP contribution in [0, 0.1) is 11.6 Å². The second-order valence-electron chi connectivity index (χ2n) is 5.80. The first-order valence-electron chi connectivity index (χ1n) is 8.09. The molecule has 0 aliphatic heterocycles. The van der Waals surface area contributed by atoms with E-state index in [0.29, 0.717) is 23.0 Å². The number of H-pyrrole nitrogens is 1. The fraction of sp³-hybridized carbons (Fsp3) is 0.105. The van der Waals surface area contributed by atoms with Gasteiger partial charge in [0.2, 0.25) is 18.2 Å². The van der Waals surface area contributed by atoms with Gasteiger partial charge in [-0.1, -0.05) is 0 Å². The average Bonchev–Trinajstić information content (AvgIpc) is 3.08. The van der Waals surface area contributed by atoms with Gasteiger partial charge in [0.05, 0.1) is 12.8 Å². The van der Waals surface area contributed by atoms with Crippen LogP contribution in [0.2, 0.25) is 0 Å². The van der Waals surface area contributed by atoms with Crippen molar-refractivity contribution in [3.63, 3.8) is 0 Å². The topological polar surface area (TPSA) is 62.8 Å². The molecule has 0 aliphatic rings. The van der Waals surface area contributed by atoms with Crippen LogP contribution in [0.4, 0.5) is 8.78 Å². The van der Waals surface area contributed by atoms with Crippen LogP contribution in [0.3, 0.4) is 0 Å². The lowest BCUT2D eigenvalue weighted by molar-refractivity contribution is -0.381. The summed E-state index contributed by atoms with van der Waals surface area (Å²) in [5.41, 5.74) is 2.11. The first kappa shape index (κ1) is 16.9. The molecule has 3 heterocycles. The largest absolute Gasteiger partial charge is 0.496 e. The Kier molecular flexibility index (Phi) is 4.37. The third kappa shape index (κ3) is 3.55. The Morgan fingerprint density at radius 2 is 2.00 bits per heavy atom. The lowest BCUT2D eigenvalue weighted by atomic mass is 10.1. The highest BCUT2D eigenvalue weighted by molar-refractivity contribution is 5.69. The Morgan fingerprint density at radius 1 is 1.11 bits per heavy atom. The zero-order valence-electron chi connectivity index (χ0n) is 14.3. The van der Waals surface area contributed by atoms with Crippen molar-refractivity contribution in [2.45, 2.75) is 6.61 Å². The van der Waals surface area contributed by atoms with E-state index >= 15 is 0 Å². The van der Waals surface area contributed by atoms with Crippen LogP contribution in [0.15, 0.2) is 55.2 Å². The number of hydrogen-bond acceptors (Lipinski definition) is 4. The maximum Gasteiger partial charge on any atom is 0.234 e. The number of aromatic amines is 1. The van der Waals surface area contributed by atoms with Gasteiger partial charge in [-0.3, -0.25) is 4.40 Å². The van der Waals surface area contributed by atoms with Gasteiger partial charge in [-0.2, -0.15) is 0 Å².